The average Bonchev–Trinajstić information content (AvgIpc) is 2.58. The number of halogens is 2. The molecule has 7 heteroatoms. The topological polar surface area (TPSA) is 57.0 Å². The van der Waals surface area contributed by atoms with E-state index in [-0.39, 0.29) is 24.8 Å². The van der Waals surface area contributed by atoms with E-state index in [0.717, 1.165) is 69.2 Å². The van der Waals surface area contributed by atoms with Crippen molar-refractivity contribution in [1.82, 2.24) is 0 Å². The zero-order valence-corrected chi connectivity index (χ0v) is 16.9. The Morgan fingerprint density at radius 1 is 0.960 bits per heavy atom. The monoisotopic (exact) mass is 394 g/mol. The summed E-state index contributed by atoms with van der Waals surface area (Å²) in [6.45, 7) is 8.92. The first kappa shape index (κ1) is 24.0. The van der Waals surface area contributed by atoms with Gasteiger partial charge in [0.2, 0.25) is 0 Å². The van der Waals surface area contributed by atoms with Crippen LogP contribution >= 0.6 is 24.8 Å². The molecule has 0 atom stereocenters. The van der Waals surface area contributed by atoms with E-state index in [2.05, 4.69) is 18.7 Å². The Morgan fingerprint density at radius 2 is 1.52 bits per heavy atom. The lowest BCUT2D eigenvalue weighted by atomic mass is 10.2. The van der Waals surface area contributed by atoms with E-state index in [1.807, 2.05) is 12.1 Å². The standard InChI is InChI=1S/C18H30N2O3.2ClH/c1-3-5-9-22-17-14-16(20-7-11-21-12-8-20)18(13-15(17)19)23-10-6-4-2;;/h13-14H,3-12,19H2,1-2H3;2*1H. The lowest BCUT2D eigenvalue weighted by Crippen LogP contribution is -2.36. The van der Waals surface area contributed by atoms with Crippen LogP contribution in [0.25, 0.3) is 0 Å². The lowest BCUT2D eigenvalue weighted by Gasteiger charge is -2.31. The minimum Gasteiger partial charge on any atom is -0.491 e. The fraction of sp³-hybridized carbons (Fsp3) is 0.667. The van der Waals surface area contributed by atoms with Gasteiger partial charge in [-0.2, -0.15) is 0 Å². The van der Waals surface area contributed by atoms with Gasteiger partial charge in [-0.15, -0.1) is 24.8 Å². The van der Waals surface area contributed by atoms with Gasteiger partial charge in [0.15, 0.2) is 0 Å². The molecule has 2 N–H and O–H groups in total. The Labute approximate surface area is 164 Å². The highest BCUT2D eigenvalue weighted by atomic mass is 35.5. The second-order valence-electron chi connectivity index (χ2n) is 5.86. The summed E-state index contributed by atoms with van der Waals surface area (Å²) in [6.07, 6.45) is 4.29. The Bertz CT molecular complexity index is 484. The number of rotatable bonds is 9. The van der Waals surface area contributed by atoms with Gasteiger partial charge >= 0.3 is 0 Å². The number of benzene rings is 1. The van der Waals surface area contributed by atoms with E-state index >= 15 is 0 Å². The molecule has 2 rings (SSSR count). The van der Waals surface area contributed by atoms with Gasteiger partial charge in [0, 0.05) is 25.2 Å². The van der Waals surface area contributed by atoms with E-state index in [9.17, 15) is 0 Å². The Hall–Kier alpha value is -1.04. The minimum atomic E-state index is 0. The molecule has 1 fully saturated rings. The van der Waals surface area contributed by atoms with Gasteiger partial charge in [-0.3, -0.25) is 0 Å². The van der Waals surface area contributed by atoms with Gasteiger partial charge in [0.25, 0.3) is 0 Å². The molecule has 0 radical (unpaired) electrons. The minimum absolute atomic E-state index is 0. The molecule has 1 heterocycles. The predicted octanol–water partition coefficient (Wildman–Crippen LogP) is 4.31. The van der Waals surface area contributed by atoms with Crippen LogP contribution in [0.4, 0.5) is 11.4 Å². The summed E-state index contributed by atoms with van der Waals surface area (Å²) in [5, 5.41) is 0. The summed E-state index contributed by atoms with van der Waals surface area (Å²) < 4.78 is 17.3. The zero-order valence-electron chi connectivity index (χ0n) is 15.3. The Morgan fingerprint density at radius 3 is 2.08 bits per heavy atom. The van der Waals surface area contributed by atoms with Crippen LogP contribution in [0.2, 0.25) is 0 Å². The molecule has 0 aromatic heterocycles. The third-order valence-electron chi connectivity index (χ3n) is 3.95. The second kappa shape index (κ2) is 13.2. The molecule has 0 bridgehead atoms. The van der Waals surface area contributed by atoms with E-state index in [0.29, 0.717) is 18.9 Å². The van der Waals surface area contributed by atoms with Gasteiger partial charge in [0.05, 0.1) is 37.8 Å². The van der Waals surface area contributed by atoms with Gasteiger partial charge in [0.1, 0.15) is 11.5 Å². The van der Waals surface area contributed by atoms with Crippen LogP contribution in [0, 0.1) is 0 Å². The number of unbranched alkanes of at least 4 members (excludes halogenated alkanes) is 2. The normalized spacial score (nSPS) is 13.6. The number of anilines is 2. The van der Waals surface area contributed by atoms with Crippen LogP contribution in [0.5, 0.6) is 11.5 Å². The molecule has 1 aliphatic heterocycles. The molecule has 1 aromatic carbocycles. The number of hydrogen-bond donors (Lipinski definition) is 1. The smallest absolute Gasteiger partial charge is 0.144 e. The van der Waals surface area contributed by atoms with Crippen LogP contribution in [0.1, 0.15) is 39.5 Å². The highest BCUT2D eigenvalue weighted by Crippen LogP contribution is 2.38. The van der Waals surface area contributed by atoms with E-state index in [1.165, 1.54) is 0 Å². The first-order valence-corrected chi connectivity index (χ1v) is 8.78. The molecule has 0 aliphatic carbocycles. The number of hydrogen-bond acceptors (Lipinski definition) is 5. The lowest BCUT2D eigenvalue weighted by molar-refractivity contribution is 0.122. The molecule has 5 nitrogen and oxygen atoms in total. The van der Waals surface area contributed by atoms with Crippen molar-refractivity contribution in [3.05, 3.63) is 12.1 Å². The first-order valence-electron chi connectivity index (χ1n) is 8.78. The highest BCUT2D eigenvalue weighted by Gasteiger charge is 2.18. The van der Waals surface area contributed by atoms with Gasteiger partial charge in [-0.25, -0.2) is 0 Å². The SMILES string of the molecule is CCCCOc1cc(N2CCOCC2)c(OCCCC)cc1N.Cl.Cl. The molecule has 1 saturated heterocycles. The summed E-state index contributed by atoms with van der Waals surface area (Å²) in [4.78, 5) is 2.29. The number of nitrogens with zero attached hydrogens (tertiary/aromatic N) is 1. The number of nitrogen functional groups attached to an aromatic ring is 1. The summed E-state index contributed by atoms with van der Waals surface area (Å²) in [5.74, 6) is 1.60. The highest BCUT2D eigenvalue weighted by molar-refractivity contribution is 5.85. The summed E-state index contributed by atoms with van der Waals surface area (Å²) in [7, 11) is 0. The van der Waals surface area contributed by atoms with Gasteiger partial charge in [-0.1, -0.05) is 26.7 Å². The van der Waals surface area contributed by atoms with Crippen molar-refractivity contribution in [3.8, 4) is 11.5 Å². The van der Waals surface area contributed by atoms with E-state index < -0.39 is 0 Å². The van der Waals surface area contributed by atoms with E-state index in [1.54, 1.807) is 0 Å². The summed E-state index contributed by atoms with van der Waals surface area (Å²) >= 11 is 0. The van der Waals surface area contributed by atoms with Crippen molar-refractivity contribution in [2.45, 2.75) is 39.5 Å². The molecule has 1 aliphatic rings. The van der Waals surface area contributed by atoms with Crippen molar-refractivity contribution in [2.24, 2.45) is 0 Å². The molecule has 0 saturated carbocycles. The fourth-order valence-corrected chi connectivity index (χ4v) is 2.51. The van der Waals surface area contributed by atoms with Crippen LogP contribution < -0.4 is 20.1 Å². The maximum atomic E-state index is 6.16. The molecule has 1 aromatic rings. The maximum Gasteiger partial charge on any atom is 0.144 e. The van der Waals surface area contributed by atoms with Crippen LogP contribution in [0.3, 0.4) is 0 Å². The molecule has 0 amide bonds. The summed E-state index contributed by atoms with van der Waals surface area (Å²) in [6, 6.07) is 3.93. The van der Waals surface area contributed by atoms with E-state index in [4.69, 9.17) is 19.9 Å². The van der Waals surface area contributed by atoms with Crippen LogP contribution in [-0.4, -0.2) is 39.5 Å². The Balaban J connectivity index is 0.00000288. The van der Waals surface area contributed by atoms with Gasteiger partial charge in [-0.05, 0) is 12.8 Å². The number of morpholine rings is 1. The van der Waals surface area contributed by atoms with Crippen LogP contribution in [0.15, 0.2) is 12.1 Å². The molecule has 146 valence electrons. The number of nitrogens with two attached hydrogens (primary N) is 1. The molecule has 0 spiro atoms. The van der Waals surface area contributed by atoms with Crippen molar-refractivity contribution >= 4 is 36.2 Å². The predicted molar refractivity (Wildman–Crippen MR) is 109 cm³/mol. The average molecular weight is 395 g/mol. The summed E-state index contributed by atoms with van der Waals surface area (Å²) in [5.41, 5.74) is 7.86. The number of ether oxygens (including phenoxy) is 3. The van der Waals surface area contributed by atoms with Crippen molar-refractivity contribution in [2.75, 3.05) is 50.2 Å². The van der Waals surface area contributed by atoms with Crippen molar-refractivity contribution in [3.63, 3.8) is 0 Å². The Kier molecular flexibility index (Phi) is 12.7. The third-order valence-corrected chi connectivity index (χ3v) is 3.95. The zero-order chi connectivity index (χ0) is 16.5. The molecular weight excluding hydrogens is 363 g/mol. The fourth-order valence-electron chi connectivity index (χ4n) is 2.51. The second-order valence-corrected chi connectivity index (χ2v) is 5.86. The molecule has 25 heavy (non-hydrogen) atoms. The maximum absolute atomic E-state index is 6.16. The van der Waals surface area contributed by atoms with Crippen molar-refractivity contribution in [1.29, 1.82) is 0 Å². The molecule has 0 unspecified atom stereocenters. The third kappa shape index (κ3) is 7.38. The van der Waals surface area contributed by atoms with Crippen molar-refractivity contribution < 1.29 is 14.2 Å². The molecular formula is C18H32Cl2N2O3. The van der Waals surface area contributed by atoms with Gasteiger partial charge < -0.3 is 24.8 Å². The first-order chi connectivity index (χ1) is 11.3. The quantitative estimate of drug-likeness (QED) is 0.499. The largest absolute Gasteiger partial charge is 0.491 e. The van der Waals surface area contributed by atoms with Crippen LogP contribution in [-0.2, 0) is 4.74 Å².